The molecule has 2 rings (SSSR count). The fourth-order valence-electron chi connectivity index (χ4n) is 2.71. The smallest absolute Gasteiger partial charge is 0.308 e. The number of aliphatic carboxylic acids is 1. The summed E-state index contributed by atoms with van der Waals surface area (Å²) in [7, 11) is 3.25. The van der Waals surface area contributed by atoms with E-state index in [1.165, 1.54) is 9.80 Å². The Morgan fingerprint density at radius 2 is 2.13 bits per heavy atom. The molecule has 0 bridgehead atoms. The highest BCUT2D eigenvalue weighted by molar-refractivity contribution is 6.31. The van der Waals surface area contributed by atoms with E-state index in [4.69, 9.17) is 16.7 Å². The molecule has 1 N–H and O–H groups in total. The third kappa shape index (κ3) is 4.04. The number of rotatable bonds is 4. The molecule has 1 aromatic heterocycles. The number of carbonyl (C=O) groups is 3. The molecule has 7 nitrogen and oxygen atoms in total. The first-order chi connectivity index (χ1) is 10.8. The second-order valence-corrected chi connectivity index (χ2v) is 6.27. The first kappa shape index (κ1) is 17.3. The molecule has 1 unspecified atom stereocenters. The zero-order valence-electron chi connectivity index (χ0n) is 13.2. The van der Waals surface area contributed by atoms with Crippen LogP contribution in [0.3, 0.4) is 0 Å². The number of hydrogen-bond acceptors (Lipinski definition) is 3. The first-order valence-corrected chi connectivity index (χ1v) is 7.75. The fraction of sp³-hybridized carbons (Fsp3) is 0.533. The lowest BCUT2D eigenvalue weighted by molar-refractivity contribution is -0.145. The van der Waals surface area contributed by atoms with E-state index >= 15 is 0 Å². The Labute approximate surface area is 139 Å². The summed E-state index contributed by atoms with van der Waals surface area (Å²) in [6.07, 6.45) is 2.86. The van der Waals surface area contributed by atoms with E-state index in [-0.39, 0.29) is 24.9 Å². The molecule has 1 atom stereocenters. The highest BCUT2D eigenvalue weighted by atomic mass is 35.5. The number of aromatic nitrogens is 1. The molecule has 126 valence electrons. The van der Waals surface area contributed by atoms with Gasteiger partial charge in [0.15, 0.2) is 0 Å². The Hall–Kier alpha value is -2.02. The lowest BCUT2D eigenvalue weighted by Crippen LogP contribution is -2.47. The highest BCUT2D eigenvalue weighted by Gasteiger charge is 2.29. The molecule has 1 fully saturated rings. The summed E-state index contributed by atoms with van der Waals surface area (Å²) in [5.74, 6) is -1.96. The second-order valence-electron chi connectivity index (χ2n) is 5.83. The van der Waals surface area contributed by atoms with Gasteiger partial charge in [0.25, 0.3) is 5.91 Å². The van der Waals surface area contributed by atoms with Crippen LogP contribution in [-0.4, -0.2) is 63.9 Å². The van der Waals surface area contributed by atoms with E-state index in [1.807, 2.05) is 0 Å². The number of aryl methyl sites for hydroxylation is 1. The Morgan fingerprint density at radius 3 is 2.70 bits per heavy atom. The number of carboxylic acids is 1. The maximum atomic E-state index is 12.4. The lowest BCUT2D eigenvalue weighted by atomic mass is 9.98. The largest absolute Gasteiger partial charge is 0.481 e. The molecule has 1 aliphatic rings. The van der Waals surface area contributed by atoms with Gasteiger partial charge in [0, 0.05) is 33.4 Å². The number of hydrogen-bond donors (Lipinski definition) is 1. The normalized spacial score (nSPS) is 17.9. The maximum Gasteiger partial charge on any atom is 0.308 e. The van der Waals surface area contributed by atoms with Gasteiger partial charge in [-0.25, -0.2) is 0 Å². The number of piperidine rings is 1. The maximum absolute atomic E-state index is 12.4. The van der Waals surface area contributed by atoms with Crippen LogP contribution in [0, 0.1) is 5.92 Å². The zero-order chi connectivity index (χ0) is 17.1. The summed E-state index contributed by atoms with van der Waals surface area (Å²) in [4.78, 5) is 38.6. The van der Waals surface area contributed by atoms with Gasteiger partial charge in [0.2, 0.25) is 5.91 Å². The summed E-state index contributed by atoms with van der Waals surface area (Å²) in [5.41, 5.74) is 0.396. The van der Waals surface area contributed by atoms with Crippen molar-refractivity contribution in [1.82, 2.24) is 14.4 Å². The predicted octanol–water partition coefficient (Wildman–Crippen LogP) is 1.07. The molecular weight excluding hydrogens is 322 g/mol. The Bertz CT molecular complexity index is 628. The molecule has 0 aliphatic carbocycles. The molecule has 0 aromatic carbocycles. The van der Waals surface area contributed by atoms with Gasteiger partial charge in [-0.1, -0.05) is 11.6 Å². The van der Waals surface area contributed by atoms with Crippen molar-refractivity contribution < 1.29 is 19.5 Å². The van der Waals surface area contributed by atoms with E-state index < -0.39 is 11.9 Å². The molecule has 0 radical (unpaired) electrons. The first-order valence-electron chi connectivity index (χ1n) is 7.37. The van der Waals surface area contributed by atoms with Crippen molar-refractivity contribution in [3.05, 3.63) is 23.0 Å². The van der Waals surface area contributed by atoms with Crippen molar-refractivity contribution in [3.8, 4) is 0 Å². The minimum atomic E-state index is -0.884. The van der Waals surface area contributed by atoms with Gasteiger partial charge < -0.3 is 19.5 Å². The minimum absolute atomic E-state index is 0.0893. The van der Waals surface area contributed by atoms with Crippen LogP contribution in [0.4, 0.5) is 0 Å². The monoisotopic (exact) mass is 341 g/mol. The van der Waals surface area contributed by atoms with Crippen LogP contribution in [-0.2, 0) is 16.6 Å². The number of amides is 2. The molecule has 1 saturated heterocycles. The second kappa shape index (κ2) is 7.04. The van der Waals surface area contributed by atoms with Crippen LogP contribution in [0.5, 0.6) is 0 Å². The molecule has 2 heterocycles. The quantitative estimate of drug-likeness (QED) is 0.888. The molecule has 8 heteroatoms. The summed E-state index contributed by atoms with van der Waals surface area (Å²) in [6.45, 7) is 0.640. The topological polar surface area (TPSA) is 82.9 Å². The molecule has 0 saturated carbocycles. The van der Waals surface area contributed by atoms with Gasteiger partial charge in [-0.3, -0.25) is 14.4 Å². The van der Waals surface area contributed by atoms with Gasteiger partial charge in [-0.2, -0.15) is 0 Å². The number of nitrogens with zero attached hydrogens (tertiary/aromatic N) is 3. The number of carboxylic acid groups (broad SMARTS) is 1. The third-order valence-electron chi connectivity index (χ3n) is 4.03. The zero-order valence-corrected chi connectivity index (χ0v) is 13.9. The van der Waals surface area contributed by atoms with Crippen molar-refractivity contribution in [3.63, 3.8) is 0 Å². The van der Waals surface area contributed by atoms with E-state index in [0.29, 0.717) is 30.1 Å². The average molecular weight is 342 g/mol. The SMILES string of the molecule is CN(CC(=O)N1CCCC(C(=O)O)C1)C(=O)c1cc(Cl)cn1C. The summed E-state index contributed by atoms with van der Waals surface area (Å²) >= 11 is 5.87. The van der Waals surface area contributed by atoms with Crippen molar-refractivity contribution in [2.75, 3.05) is 26.7 Å². The molecule has 2 amide bonds. The van der Waals surface area contributed by atoms with Crippen molar-refractivity contribution in [2.45, 2.75) is 12.8 Å². The van der Waals surface area contributed by atoms with E-state index in [0.717, 1.165) is 0 Å². The van der Waals surface area contributed by atoms with Crippen LogP contribution in [0.2, 0.25) is 5.02 Å². The van der Waals surface area contributed by atoms with Crippen LogP contribution >= 0.6 is 11.6 Å². The van der Waals surface area contributed by atoms with E-state index in [9.17, 15) is 14.4 Å². The number of halogens is 1. The minimum Gasteiger partial charge on any atom is -0.481 e. The van der Waals surface area contributed by atoms with Gasteiger partial charge >= 0.3 is 5.97 Å². The number of carbonyl (C=O) groups excluding carboxylic acids is 2. The van der Waals surface area contributed by atoms with Crippen molar-refractivity contribution >= 4 is 29.4 Å². The van der Waals surface area contributed by atoms with E-state index in [2.05, 4.69) is 0 Å². The third-order valence-corrected chi connectivity index (χ3v) is 4.24. The van der Waals surface area contributed by atoms with Crippen LogP contribution < -0.4 is 0 Å². The lowest BCUT2D eigenvalue weighted by Gasteiger charge is -2.32. The van der Waals surface area contributed by atoms with Crippen LogP contribution in [0.15, 0.2) is 12.3 Å². The van der Waals surface area contributed by atoms with Gasteiger partial charge in [0.1, 0.15) is 5.69 Å². The van der Waals surface area contributed by atoms with Gasteiger partial charge in [-0.05, 0) is 18.9 Å². The van der Waals surface area contributed by atoms with Gasteiger partial charge in [0.05, 0.1) is 17.5 Å². The Morgan fingerprint density at radius 1 is 1.43 bits per heavy atom. The van der Waals surface area contributed by atoms with E-state index in [1.54, 1.807) is 30.9 Å². The molecule has 1 aliphatic heterocycles. The van der Waals surface area contributed by atoms with Gasteiger partial charge in [-0.15, -0.1) is 0 Å². The van der Waals surface area contributed by atoms with Crippen molar-refractivity contribution in [2.24, 2.45) is 13.0 Å². The summed E-state index contributed by atoms with van der Waals surface area (Å²) in [6, 6.07) is 1.55. The highest BCUT2D eigenvalue weighted by Crippen LogP contribution is 2.18. The van der Waals surface area contributed by atoms with Crippen LogP contribution in [0.25, 0.3) is 0 Å². The molecule has 23 heavy (non-hydrogen) atoms. The van der Waals surface area contributed by atoms with Crippen molar-refractivity contribution in [1.29, 1.82) is 0 Å². The standard InChI is InChI=1S/C15H20ClN3O4/c1-17-8-11(16)6-12(17)14(21)18(2)9-13(20)19-5-3-4-10(7-19)15(22)23/h6,8,10H,3-5,7,9H2,1-2H3,(H,22,23). The Balaban J connectivity index is 1.98. The molecule has 1 aromatic rings. The average Bonchev–Trinajstić information content (AvgIpc) is 2.85. The Kier molecular flexibility index (Phi) is 5.30. The number of likely N-dealkylation sites (tertiary alicyclic amines) is 1. The molecule has 0 spiro atoms. The fourth-order valence-corrected chi connectivity index (χ4v) is 2.96. The number of likely N-dealkylation sites (N-methyl/N-ethyl adjacent to an activating group) is 1. The molecular formula is C15H20ClN3O4. The summed E-state index contributed by atoms with van der Waals surface area (Å²) in [5, 5.41) is 9.53. The predicted molar refractivity (Wildman–Crippen MR) is 84.3 cm³/mol. The van der Waals surface area contributed by atoms with Crippen LogP contribution in [0.1, 0.15) is 23.3 Å². The summed E-state index contributed by atoms with van der Waals surface area (Å²) < 4.78 is 1.60.